The van der Waals surface area contributed by atoms with Gasteiger partial charge in [-0.2, -0.15) is 4.31 Å². The Morgan fingerprint density at radius 3 is 1.95 bits per heavy atom. The van der Waals surface area contributed by atoms with Gasteiger partial charge in [-0.3, -0.25) is 9.10 Å². The fourth-order valence-electron chi connectivity index (χ4n) is 5.03. The minimum absolute atomic E-state index is 0.00890. The Morgan fingerprint density at radius 2 is 1.35 bits per heavy atom. The second kappa shape index (κ2) is 13.2. The molecule has 0 aromatic heterocycles. The van der Waals surface area contributed by atoms with Crippen LogP contribution in [-0.4, -0.2) is 68.0 Å². The van der Waals surface area contributed by atoms with E-state index in [2.05, 4.69) is 5.32 Å². The van der Waals surface area contributed by atoms with Crippen LogP contribution < -0.4 is 23.8 Å². The average Bonchev–Trinajstić information content (AvgIpc) is 2.99. The number of hydrogen-bond donors (Lipinski definition) is 1. The van der Waals surface area contributed by atoms with E-state index in [9.17, 15) is 21.6 Å². The number of aryl methyl sites for hydroxylation is 2. The van der Waals surface area contributed by atoms with Crippen LogP contribution in [0.2, 0.25) is 0 Å². The number of nitrogens with zero attached hydrogens (tertiary/aromatic N) is 2. The molecule has 0 bridgehead atoms. The summed E-state index contributed by atoms with van der Waals surface area (Å²) in [6.45, 7) is 3.91. The van der Waals surface area contributed by atoms with Crippen LogP contribution in [0, 0.1) is 13.8 Å². The minimum atomic E-state index is -4.29. The van der Waals surface area contributed by atoms with Crippen molar-refractivity contribution < 1.29 is 35.8 Å². The number of amides is 1. The first-order valence-electron chi connectivity index (χ1n) is 13.7. The SMILES string of the molecule is COc1ccc(S(=O)(=O)N2CCCCC2)cc1NC(=O)CN(c1cc(C)cc(C)c1)S(=O)(=O)c1ccc(OC)c(OC)c1. The molecule has 3 aromatic carbocycles. The van der Waals surface area contributed by atoms with Crippen LogP contribution in [0.15, 0.2) is 64.4 Å². The average molecular weight is 632 g/mol. The second-order valence-corrected chi connectivity index (χ2v) is 14.0. The molecule has 43 heavy (non-hydrogen) atoms. The number of rotatable bonds is 11. The summed E-state index contributed by atoms with van der Waals surface area (Å²) in [7, 11) is -3.85. The lowest BCUT2D eigenvalue weighted by atomic mass is 10.1. The fraction of sp³-hybridized carbons (Fsp3) is 0.367. The van der Waals surface area contributed by atoms with E-state index in [0.717, 1.165) is 34.7 Å². The molecule has 0 unspecified atom stereocenters. The summed E-state index contributed by atoms with van der Waals surface area (Å²) in [5, 5.41) is 2.67. The van der Waals surface area contributed by atoms with Gasteiger partial charge in [0.25, 0.3) is 10.0 Å². The van der Waals surface area contributed by atoms with Gasteiger partial charge in [-0.05, 0) is 80.3 Å². The van der Waals surface area contributed by atoms with Gasteiger partial charge >= 0.3 is 0 Å². The maximum Gasteiger partial charge on any atom is 0.264 e. The van der Waals surface area contributed by atoms with Crippen LogP contribution in [0.1, 0.15) is 30.4 Å². The first-order chi connectivity index (χ1) is 20.4. The molecule has 232 valence electrons. The molecule has 0 spiro atoms. The molecule has 1 amide bonds. The number of methoxy groups -OCH3 is 3. The largest absolute Gasteiger partial charge is 0.495 e. The normalized spacial score (nSPS) is 14.2. The van der Waals surface area contributed by atoms with E-state index in [1.165, 1.54) is 62.0 Å². The maximum atomic E-state index is 14.0. The van der Waals surface area contributed by atoms with Gasteiger partial charge in [0.2, 0.25) is 15.9 Å². The van der Waals surface area contributed by atoms with E-state index in [1.807, 2.05) is 19.9 Å². The molecule has 3 aromatic rings. The Morgan fingerprint density at radius 1 is 0.767 bits per heavy atom. The molecule has 1 heterocycles. The summed E-state index contributed by atoms with van der Waals surface area (Å²) in [6, 6.07) is 13.7. The number of piperidine rings is 1. The molecule has 0 atom stereocenters. The first-order valence-corrected chi connectivity index (χ1v) is 16.6. The van der Waals surface area contributed by atoms with Crippen LogP contribution in [0.4, 0.5) is 11.4 Å². The van der Waals surface area contributed by atoms with Crippen LogP contribution in [0.5, 0.6) is 17.2 Å². The zero-order valence-corrected chi connectivity index (χ0v) is 26.5. The van der Waals surface area contributed by atoms with E-state index < -0.39 is 32.5 Å². The summed E-state index contributed by atoms with van der Waals surface area (Å²) in [6.07, 6.45) is 2.53. The van der Waals surface area contributed by atoms with Crippen molar-refractivity contribution in [3.8, 4) is 17.2 Å². The van der Waals surface area contributed by atoms with Gasteiger partial charge in [0.05, 0.1) is 42.5 Å². The monoisotopic (exact) mass is 631 g/mol. The van der Waals surface area contributed by atoms with Crippen molar-refractivity contribution in [2.75, 3.05) is 50.6 Å². The van der Waals surface area contributed by atoms with E-state index in [4.69, 9.17) is 14.2 Å². The molecule has 4 rings (SSSR count). The zero-order valence-electron chi connectivity index (χ0n) is 24.9. The van der Waals surface area contributed by atoms with Crippen molar-refractivity contribution in [2.24, 2.45) is 0 Å². The van der Waals surface area contributed by atoms with E-state index in [1.54, 1.807) is 12.1 Å². The Balaban J connectivity index is 1.70. The molecule has 11 nitrogen and oxygen atoms in total. The molecule has 1 aliphatic rings. The summed E-state index contributed by atoms with van der Waals surface area (Å²) in [4.78, 5) is 13.4. The molecule has 0 radical (unpaired) electrons. The molecular weight excluding hydrogens is 594 g/mol. The topological polar surface area (TPSA) is 132 Å². The highest BCUT2D eigenvalue weighted by Crippen LogP contribution is 2.34. The van der Waals surface area contributed by atoms with Crippen LogP contribution in [0.25, 0.3) is 0 Å². The fourth-order valence-corrected chi connectivity index (χ4v) is 8.00. The van der Waals surface area contributed by atoms with Gasteiger partial charge in [-0.25, -0.2) is 16.8 Å². The zero-order chi connectivity index (χ0) is 31.4. The highest BCUT2D eigenvalue weighted by molar-refractivity contribution is 7.92. The van der Waals surface area contributed by atoms with Gasteiger partial charge in [0, 0.05) is 19.2 Å². The number of carbonyl (C=O) groups excluding carboxylic acids is 1. The van der Waals surface area contributed by atoms with Crippen LogP contribution in [-0.2, 0) is 24.8 Å². The number of ether oxygens (including phenoxy) is 3. The Labute approximate surface area is 253 Å². The van der Waals surface area contributed by atoms with E-state index in [0.29, 0.717) is 18.8 Å². The summed E-state index contributed by atoms with van der Waals surface area (Å²) in [5.74, 6) is 0.0918. The van der Waals surface area contributed by atoms with Gasteiger partial charge < -0.3 is 19.5 Å². The standard InChI is InChI=1S/C30H37N3O8S2/c1-21-15-22(2)17-23(16-21)33(43(37,38)25-10-12-28(40-4)29(19-25)41-5)20-30(34)31-26-18-24(9-11-27(26)39-3)42(35,36)32-13-7-6-8-14-32/h9-12,15-19H,6-8,13-14,20H2,1-5H3,(H,31,34). The third-order valence-corrected chi connectivity index (χ3v) is 10.8. The van der Waals surface area contributed by atoms with Gasteiger partial charge in [-0.15, -0.1) is 0 Å². The number of benzene rings is 3. The lowest BCUT2D eigenvalue weighted by Gasteiger charge is -2.26. The Kier molecular flexibility index (Phi) is 9.88. The lowest BCUT2D eigenvalue weighted by Crippen LogP contribution is -2.38. The smallest absolute Gasteiger partial charge is 0.264 e. The molecule has 0 saturated carbocycles. The minimum Gasteiger partial charge on any atom is -0.495 e. The maximum absolute atomic E-state index is 14.0. The lowest BCUT2D eigenvalue weighted by molar-refractivity contribution is -0.114. The van der Waals surface area contributed by atoms with Crippen LogP contribution in [0.3, 0.4) is 0 Å². The highest BCUT2D eigenvalue weighted by atomic mass is 32.2. The predicted octanol–water partition coefficient (Wildman–Crippen LogP) is 4.34. The van der Waals surface area contributed by atoms with E-state index in [-0.39, 0.29) is 32.7 Å². The van der Waals surface area contributed by atoms with Crippen LogP contribution >= 0.6 is 0 Å². The summed E-state index contributed by atoms with van der Waals surface area (Å²) >= 11 is 0. The highest BCUT2D eigenvalue weighted by Gasteiger charge is 2.30. The number of carbonyl (C=O) groups is 1. The number of anilines is 2. The second-order valence-electron chi connectivity index (χ2n) is 10.2. The third kappa shape index (κ3) is 7.06. The van der Waals surface area contributed by atoms with Crippen molar-refractivity contribution in [3.63, 3.8) is 0 Å². The quantitative estimate of drug-likeness (QED) is 0.331. The Bertz CT molecular complexity index is 1680. The van der Waals surface area contributed by atoms with Gasteiger partial charge in [-0.1, -0.05) is 12.5 Å². The van der Waals surface area contributed by atoms with Gasteiger partial charge in [0.1, 0.15) is 12.3 Å². The molecule has 0 aliphatic carbocycles. The van der Waals surface area contributed by atoms with E-state index >= 15 is 0 Å². The molecule has 1 fully saturated rings. The third-order valence-electron chi connectivity index (χ3n) is 7.12. The molecule has 13 heteroatoms. The predicted molar refractivity (Wildman–Crippen MR) is 164 cm³/mol. The first kappa shape index (κ1) is 32.1. The molecule has 1 N–H and O–H groups in total. The van der Waals surface area contributed by atoms with Gasteiger partial charge in [0.15, 0.2) is 11.5 Å². The van der Waals surface area contributed by atoms with Crippen molar-refractivity contribution >= 4 is 37.3 Å². The number of hydrogen-bond acceptors (Lipinski definition) is 8. The van der Waals surface area contributed by atoms with Crippen molar-refractivity contribution in [2.45, 2.75) is 42.9 Å². The summed E-state index contributed by atoms with van der Waals surface area (Å²) in [5.41, 5.74) is 2.01. The van der Waals surface area contributed by atoms with Crippen molar-refractivity contribution in [1.82, 2.24) is 4.31 Å². The molecule has 1 aliphatic heterocycles. The Hall–Kier alpha value is -3.81. The summed E-state index contributed by atoms with van der Waals surface area (Å²) < 4.78 is 73.1. The molecular formula is C30H37N3O8S2. The number of nitrogens with one attached hydrogen (secondary N) is 1. The molecule has 1 saturated heterocycles. The number of sulfonamides is 2. The van der Waals surface area contributed by atoms with Crippen molar-refractivity contribution in [3.05, 3.63) is 65.7 Å². The van der Waals surface area contributed by atoms with Crippen molar-refractivity contribution in [1.29, 1.82) is 0 Å².